The molecule has 0 aliphatic heterocycles. The number of aromatic nitrogens is 2. The van der Waals surface area contributed by atoms with E-state index in [0.717, 1.165) is 5.82 Å². The molecule has 2 aromatic rings. The summed E-state index contributed by atoms with van der Waals surface area (Å²) in [6, 6.07) is 4.46. The van der Waals surface area contributed by atoms with Crippen LogP contribution in [0.3, 0.4) is 0 Å². The summed E-state index contributed by atoms with van der Waals surface area (Å²) in [4.78, 5) is 15.1. The highest BCUT2D eigenvalue weighted by molar-refractivity contribution is 6.30. The van der Waals surface area contributed by atoms with Gasteiger partial charge in [0.15, 0.2) is 0 Å². The first kappa shape index (κ1) is 13.4. The molecule has 19 heavy (non-hydrogen) atoms. The number of imidazole rings is 1. The molecule has 0 aliphatic rings. The van der Waals surface area contributed by atoms with Gasteiger partial charge < -0.3 is 14.4 Å². The standard InChI is InChI=1S/C13H13ClN2O3/c1-9-15-4-5-16(9)6-7-19-12-8-10(14)2-3-11(12)13(17)18/h2-5,8H,6-7H2,1H3,(H,17,18). The SMILES string of the molecule is Cc1nccn1CCOc1cc(Cl)ccc1C(=O)O. The fraction of sp³-hybridized carbons (Fsp3) is 0.231. The lowest BCUT2D eigenvalue weighted by atomic mass is 10.2. The molecule has 0 atom stereocenters. The minimum atomic E-state index is -1.04. The third-order valence-corrected chi connectivity index (χ3v) is 2.92. The maximum atomic E-state index is 11.0. The Kier molecular flexibility index (Phi) is 4.06. The highest BCUT2D eigenvalue weighted by atomic mass is 35.5. The highest BCUT2D eigenvalue weighted by Gasteiger charge is 2.11. The molecule has 100 valence electrons. The molecule has 0 unspecified atom stereocenters. The number of aromatic carboxylic acids is 1. The minimum absolute atomic E-state index is 0.103. The van der Waals surface area contributed by atoms with Crippen LogP contribution in [0.4, 0.5) is 0 Å². The second-order valence-corrected chi connectivity index (χ2v) is 4.40. The molecule has 0 amide bonds. The second-order valence-electron chi connectivity index (χ2n) is 3.96. The molecular formula is C13H13ClN2O3. The van der Waals surface area contributed by atoms with E-state index in [4.69, 9.17) is 21.4 Å². The third kappa shape index (κ3) is 3.26. The monoisotopic (exact) mass is 280 g/mol. The molecule has 1 heterocycles. The van der Waals surface area contributed by atoms with Crippen molar-refractivity contribution < 1.29 is 14.6 Å². The van der Waals surface area contributed by atoms with E-state index in [1.165, 1.54) is 18.2 Å². The predicted molar refractivity (Wildman–Crippen MR) is 70.9 cm³/mol. The van der Waals surface area contributed by atoms with Gasteiger partial charge in [-0.25, -0.2) is 9.78 Å². The summed E-state index contributed by atoms with van der Waals surface area (Å²) in [5.74, 6) is 0.122. The minimum Gasteiger partial charge on any atom is -0.491 e. The van der Waals surface area contributed by atoms with Crippen molar-refractivity contribution in [2.24, 2.45) is 0 Å². The normalized spacial score (nSPS) is 10.4. The van der Waals surface area contributed by atoms with Crippen LogP contribution in [0.15, 0.2) is 30.6 Å². The first-order chi connectivity index (χ1) is 9.08. The van der Waals surface area contributed by atoms with Crippen molar-refractivity contribution >= 4 is 17.6 Å². The number of carboxylic acids is 1. The van der Waals surface area contributed by atoms with E-state index in [1.807, 2.05) is 17.7 Å². The van der Waals surface area contributed by atoms with Gasteiger partial charge >= 0.3 is 5.97 Å². The van der Waals surface area contributed by atoms with Gasteiger partial charge in [-0.05, 0) is 25.1 Å². The average molecular weight is 281 g/mol. The Balaban J connectivity index is 2.05. The molecule has 1 aromatic heterocycles. The number of hydrogen-bond donors (Lipinski definition) is 1. The van der Waals surface area contributed by atoms with Crippen LogP contribution >= 0.6 is 11.6 Å². The van der Waals surface area contributed by atoms with Crippen molar-refractivity contribution in [2.75, 3.05) is 6.61 Å². The molecular weight excluding hydrogens is 268 g/mol. The molecule has 0 aliphatic carbocycles. The number of ether oxygens (including phenoxy) is 1. The lowest BCUT2D eigenvalue weighted by Gasteiger charge is -2.10. The lowest BCUT2D eigenvalue weighted by Crippen LogP contribution is -2.11. The van der Waals surface area contributed by atoms with Crippen LogP contribution in [0, 0.1) is 6.92 Å². The fourth-order valence-electron chi connectivity index (χ4n) is 1.69. The molecule has 0 spiro atoms. The summed E-state index contributed by atoms with van der Waals surface area (Å²) in [5, 5.41) is 9.49. The molecule has 5 nitrogen and oxygen atoms in total. The summed E-state index contributed by atoms with van der Waals surface area (Å²) in [7, 11) is 0. The summed E-state index contributed by atoms with van der Waals surface area (Å²) >= 11 is 5.84. The Hall–Kier alpha value is -2.01. The van der Waals surface area contributed by atoms with Crippen LogP contribution in [0.1, 0.15) is 16.2 Å². The molecule has 1 aromatic carbocycles. The van der Waals surface area contributed by atoms with Gasteiger partial charge in [0.2, 0.25) is 0 Å². The van der Waals surface area contributed by atoms with Gasteiger partial charge in [0.1, 0.15) is 23.7 Å². The maximum absolute atomic E-state index is 11.0. The quantitative estimate of drug-likeness (QED) is 0.914. The number of nitrogens with zero attached hydrogens (tertiary/aromatic N) is 2. The van der Waals surface area contributed by atoms with Crippen LogP contribution in [-0.2, 0) is 6.54 Å². The summed E-state index contributed by atoms with van der Waals surface area (Å²) in [6.45, 7) is 2.83. The molecule has 6 heteroatoms. The number of carbonyl (C=O) groups is 1. The molecule has 0 saturated heterocycles. The number of halogens is 1. The Morgan fingerprint density at radius 3 is 2.95 bits per heavy atom. The maximum Gasteiger partial charge on any atom is 0.339 e. The van der Waals surface area contributed by atoms with Crippen LogP contribution in [-0.4, -0.2) is 27.2 Å². The second kappa shape index (κ2) is 5.75. The van der Waals surface area contributed by atoms with Gasteiger partial charge in [-0.1, -0.05) is 11.6 Å². The van der Waals surface area contributed by atoms with Crippen molar-refractivity contribution in [1.29, 1.82) is 0 Å². The van der Waals surface area contributed by atoms with E-state index in [0.29, 0.717) is 18.2 Å². The first-order valence-corrected chi connectivity index (χ1v) is 6.09. The summed E-state index contributed by atoms with van der Waals surface area (Å²) < 4.78 is 7.42. The molecule has 0 radical (unpaired) electrons. The number of rotatable bonds is 5. The lowest BCUT2D eigenvalue weighted by molar-refractivity contribution is 0.0692. The topological polar surface area (TPSA) is 64.4 Å². The summed E-state index contributed by atoms with van der Waals surface area (Å²) in [5.41, 5.74) is 0.103. The number of carboxylic acid groups (broad SMARTS) is 1. The van der Waals surface area contributed by atoms with Crippen molar-refractivity contribution in [3.63, 3.8) is 0 Å². The largest absolute Gasteiger partial charge is 0.491 e. The number of aryl methyl sites for hydroxylation is 1. The Labute approximate surface area is 115 Å². The zero-order valence-electron chi connectivity index (χ0n) is 10.3. The number of hydrogen-bond acceptors (Lipinski definition) is 3. The van der Waals surface area contributed by atoms with E-state index in [1.54, 1.807) is 6.20 Å². The van der Waals surface area contributed by atoms with Crippen molar-refractivity contribution in [1.82, 2.24) is 9.55 Å². The highest BCUT2D eigenvalue weighted by Crippen LogP contribution is 2.23. The molecule has 0 fully saturated rings. The smallest absolute Gasteiger partial charge is 0.339 e. The van der Waals surface area contributed by atoms with E-state index in [9.17, 15) is 4.79 Å². The van der Waals surface area contributed by atoms with Crippen LogP contribution in [0.5, 0.6) is 5.75 Å². The van der Waals surface area contributed by atoms with E-state index < -0.39 is 5.97 Å². The van der Waals surface area contributed by atoms with E-state index in [-0.39, 0.29) is 11.3 Å². The van der Waals surface area contributed by atoms with Gasteiger partial charge in [-0.2, -0.15) is 0 Å². The molecule has 1 N–H and O–H groups in total. The van der Waals surface area contributed by atoms with Crippen LogP contribution < -0.4 is 4.74 Å². The van der Waals surface area contributed by atoms with Gasteiger partial charge in [0.05, 0.1) is 6.54 Å². The van der Waals surface area contributed by atoms with Gasteiger partial charge in [0.25, 0.3) is 0 Å². The van der Waals surface area contributed by atoms with Crippen molar-refractivity contribution in [3.8, 4) is 5.75 Å². The molecule has 2 rings (SSSR count). The van der Waals surface area contributed by atoms with Gasteiger partial charge in [-0.3, -0.25) is 0 Å². The van der Waals surface area contributed by atoms with Crippen LogP contribution in [0.2, 0.25) is 5.02 Å². The Morgan fingerprint density at radius 1 is 1.53 bits per heavy atom. The molecule has 0 saturated carbocycles. The van der Waals surface area contributed by atoms with Crippen molar-refractivity contribution in [3.05, 3.63) is 47.0 Å². The van der Waals surface area contributed by atoms with Gasteiger partial charge in [-0.15, -0.1) is 0 Å². The van der Waals surface area contributed by atoms with E-state index >= 15 is 0 Å². The zero-order chi connectivity index (χ0) is 13.8. The van der Waals surface area contributed by atoms with E-state index in [2.05, 4.69) is 4.98 Å². The predicted octanol–water partition coefficient (Wildman–Crippen LogP) is 2.62. The fourth-order valence-corrected chi connectivity index (χ4v) is 1.85. The van der Waals surface area contributed by atoms with Crippen molar-refractivity contribution in [2.45, 2.75) is 13.5 Å². The first-order valence-electron chi connectivity index (χ1n) is 5.71. The van der Waals surface area contributed by atoms with Crippen LogP contribution in [0.25, 0.3) is 0 Å². The Bertz CT molecular complexity index is 595. The zero-order valence-corrected chi connectivity index (χ0v) is 11.1. The average Bonchev–Trinajstić information content (AvgIpc) is 2.75. The Morgan fingerprint density at radius 2 is 2.32 bits per heavy atom. The molecule has 0 bridgehead atoms. The van der Waals surface area contributed by atoms with Gasteiger partial charge in [0, 0.05) is 17.4 Å². The third-order valence-electron chi connectivity index (χ3n) is 2.69. The number of benzene rings is 1. The summed E-state index contributed by atoms with van der Waals surface area (Å²) in [6.07, 6.45) is 3.55.